The quantitative estimate of drug-likeness (QED) is 0.713. The summed E-state index contributed by atoms with van der Waals surface area (Å²) in [4.78, 5) is 4.09. The van der Waals surface area contributed by atoms with Gasteiger partial charge in [-0.1, -0.05) is 0 Å². The molecular weight excluding hydrogens is 182 g/mol. The van der Waals surface area contributed by atoms with Crippen molar-refractivity contribution < 1.29 is 9.84 Å². The largest absolute Gasteiger partial charge is 0.393 e. The van der Waals surface area contributed by atoms with E-state index >= 15 is 0 Å². The van der Waals surface area contributed by atoms with Crippen LogP contribution in [0.3, 0.4) is 0 Å². The van der Waals surface area contributed by atoms with Gasteiger partial charge < -0.3 is 9.84 Å². The van der Waals surface area contributed by atoms with E-state index < -0.39 is 6.10 Å². The fourth-order valence-corrected chi connectivity index (χ4v) is 1.28. The molecule has 0 aromatic carbocycles. The Bertz CT molecular complexity index is 262. The molecule has 0 saturated heterocycles. The van der Waals surface area contributed by atoms with Crippen LogP contribution in [0.4, 0.5) is 0 Å². The molecule has 1 aromatic heterocycles. The highest BCUT2D eigenvalue weighted by molar-refractivity contribution is 4.87. The zero-order chi connectivity index (χ0) is 10.4. The highest BCUT2D eigenvalue weighted by atomic mass is 16.5. The number of methoxy groups -OCH3 is 1. The van der Waals surface area contributed by atoms with E-state index in [0.29, 0.717) is 19.4 Å². The molecule has 14 heavy (non-hydrogen) atoms. The van der Waals surface area contributed by atoms with Crippen LogP contribution >= 0.6 is 0 Å². The summed E-state index contributed by atoms with van der Waals surface area (Å²) in [5, 5.41) is 13.6. The number of ether oxygens (including phenoxy) is 1. The second-order valence-corrected chi connectivity index (χ2v) is 3.13. The zero-order valence-electron chi connectivity index (χ0n) is 8.68. The maximum atomic E-state index is 9.61. The van der Waals surface area contributed by atoms with Crippen molar-refractivity contribution in [1.29, 1.82) is 0 Å². The molecule has 5 nitrogen and oxygen atoms in total. The molecule has 1 heterocycles. The number of hydrogen-bond acceptors (Lipinski definition) is 4. The van der Waals surface area contributed by atoms with Crippen LogP contribution in [0.2, 0.25) is 0 Å². The summed E-state index contributed by atoms with van der Waals surface area (Å²) in [6, 6.07) is 0. The Labute approximate surface area is 83.7 Å². The lowest BCUT2D eigenvalue weighted by atomic mass is 10.2. The van der Waals surface area contributed by atoms with Crippen molar-refractivity contribution in [2.24, 2.45) is 0 Å². The molecule has 80 valence electrons. The average molecular weight is 199 g/mol. The van der Waals surface area contributed by atoms with Crippen molar-refractivity contribution in [2.75, 3.05) is 13.7 Å². The Balaban J connectivity index is 2.42. The zero-order valence-corrected chi connectivity index (χ0v) is 8.68. The van der Waals surface area contributed by atoms with E-state index in [1.54, 1.807) is 11.8 Å². The first kappa shape index (κ1) is 11.1. The Morgan fingerprint density at radius 1 is 1.64 bits per heavy atom. The number of aryl methyl sites for hydroxylation is 1. The molecule has 1 unspecified atom stereocenters. The van der Waals surface area contributed by atoms with Gasteiger partial charge in [0.1, 0.15) is 12.2 Å². The van der Waals surface area contributed by atoms with Gasteiger partial charge in [-0.05, 0) is 13.3 Å². The number of aliphatic hydroxyl groups is 1. The molecule has 1 N–H and O–H groups in total. The minimum absolute atomic E-state index is 0.399. The monoisotopic (exact) mass is 199 g/mol. The summed E-state index contributed by atoms with van der Waals surface area (Å²) < 4.78 is 6.67. The molecule has 1 rings (SSSR count). The summed E-state index contributed by atoms with van der Waals surface area (Å²) in [6.07, 6.45) is 2.29. The van der Waals surface area contributed by atoms with E-state index in [1.165, 1.54) is 6.33 Å². The van der Waals surface area contributed by atoms with Crippen LogP contribution in [0.1, 0.15) is 19.2 Å². The minimum Gasteiger partial charge on any atom is -0.393 e. The number of hydrogen-bond donors (Lipinski definition) is 1. The number of aliphatic hydroxyl groups excluding tert-OH is 1. The second-order valence-electron chi connectivity index (χ2n) is 3.13. The molecule has 0 aliphatic carbocycles. The summed E-state index contributed by atoms with van der Waals surface area (Å²) in [5.41, 5.74) is 0. The SMILES string of the molecule is CCn1ncnc1CC(O)CCOC. The first-order chi connectivity index (χ1) is 6.77. The van der Waals surface area contributed by atoms with Crippen molar-refractivity contribution in [3.63, 3.8) is 0 Å². The Hall–Kier alpha value is -0.940. The van der Waals surface area contributed by atoms with Gasteiger partial charge in [0.25, 0.3) is 0 Å². The molecular formula is C9H17N3O2. The Morgan fingerprint density at radius 2 is 2.43 bits per heavy atom. The first-order valence-electron chi connectivity index (χ1n) is 4.81. The minimum atomic E-state index is -0.399. The predicted octanol–water partition coefficient (Wildman–Crippen LogP) is 0.238. The van der Waals surface area contributed by atoms with Crippen LogP contribution in [0.25, 0.3) is 0 Å². The van der Waals surface area contributed by atoms with Crippen LogP contribution in [0.15, 0.2) is 6.33 Å². The van der Waals surface area contributed by atoms with Crippen LogP contribution < -0.4 is 0 Å². The third-order valence-corrected chi connectivity index (χ3v) is 2.07. The van der Waals surface area contributed by atoms with E-state index in [-0.39, 0.29) is 0 Å². The highest BCUT2D eigenvalue weighted by Crippen LogP contribution is 2.02. The topological polar surface area (TPSA) is 60.2 Å². The lowest BCUT2D eigenvalue weighted by Crippen LogP contribution is -2.16. The summed E-state index contributed by atoms with van der Waals surface area (Å²) in [7, 11) is 1.63. The maximum Gasteiger partial charge on any atom is 0.138 e. The molecule has 0 amide bonds. The summed E-state index contributed by atoms with van der Waals surface area (Å²) in [5.74, 6) is 0.830. The third-order valence-electron chi connectivity index (χ3n) is 2.07. The van der Waals surface area contributed by atoms with Crippen molar-refractivity contribution in [1.82, 2.24) is 14.8 Å². The molecule has 0 bridgehead atoms. The van der Waals surface area contributed by atoms with Gasteiger partial charge in [-0.15, -0.1) is 0 Å². The fourth-order valence-electron chi connectivity index (χ4n) is 1.28. The molecule has 5 heteroatoms. The predicted molar refractivity (Wildman–Crippen MR) is 51.9 cm³/mol. The van der Waals surface area contributed by atoms with Crippen LogP contribution in [-0.4, -0.2) is 39.7 Å². The highest BCUT2D eigenvalue weighted by Gasteiger charge is 2.09. The maximum absolute atomic E-state index is 9.61. The molecule has 0 saturated carbocycles. The van der Waals surface area contributed by atoms with Crippen LogP contribution in [0.5, 0.6) is 0 Å². The molecule has 1 aromatic rings. The Kier molecular flexibility index (Phi) is 4.55. The normalized spacial score (nSPS) is 13.1. The summed E-state index contributed by atoms with van der Waals surface area (Å²) >= 11 is 0. The van der Waals surface area contributed by atoms with Gasteiger partial charge in [0.2, 0.25) is 0 Å². The van der Waals surface area contributed by atoms with Crippen LogP contribution in [0, 0.1) is 0 Å². The van der Waals surface area contributed by atoms with Gasteiger partial charge in [-0.25, -0.2) is 4.98 Å². The van der Waals surface area contributed by atoms with Crippen LogP contribution in [-0.2, 0) is 17.7 Å². The van der Waals surface area contributed by atoms with Gasteiger partial charge in [0.15, 0.2) is 0 Å². The molecule has 0 radical (unpaired) electrons. The van der Waals surface area contributed by atoms with Gasteiger partial charge >= 0.3 is 0 Å². The van der Waals surface area contributed by atoms with Crippen molar-refractivity contribution >= 4 is 0 Å². The van der Waals surface area contributed by atoms with Crippen molar-refractivity contribution in [2.45, 2.75) is 32.4 Å². The van der Waals surface area contributed by atoms with E-state index in [4.69, 9.17) is 4.74 Å². The number of aromatic nitrogens is 3. The summed E-state index contributed by atoms with van der Waals surface area (Å²) in [6.45, 7) is 3.35. The van der Waals surface area contributed by atoms with Crippen molar-refractivity contribution in [3.8, 4) is 0 Å². The molecule has 0 aliphatic rings. The second kappa shape index (κ2) is 5.72. The molecule has 0 aliphatic heterocycles. The average Bonchev–Trinajstić information content (AvgIpc) is 2.62. The van der Waals surface area contributed by atoms with Gasteiger partial charge in [-0.2, -0.15) is 5.10 Å². The lowest BCUT2D eigenvalue weighted by molar-refractivity contribution is 0.108. The lowest BCUT2D eigenvalue weighted by Gasteiger charge is -2.09. The molecule has 0 fully saturated rings. The fraction of sp³-hybridized carbons (Fsp3) is 0.778. The molecule has 1 atom stereocenters. The van der Waals surface area contributed by atoms with Gasteiger partial charge in [-0.3, -0.25) is 4.68 Å². The van der Waals surface area contributed by atoms with Crippen molar-refractivity contribution in [3.05, 3.63) is 12.2 Å². The third kappa shape index (κ3) is 3.08. The molecule has 0 spiro atoms. The van der Waals surface area contributed by atoms with Gasteiger partial charge in [0, 0.05) is 26.7 Å². The van der Waals surface area contributed by atoms with E-state index in [1.807, 2.05) is 6.92 Å². The van der Waals surface area contributed by atoms with E-state index in [0.717, 1.165) is 12.4 Å². The smallest absolute Gasteiger partial charge is 0.138 e. The number of rotatable bonds is 6. The first-order valence-corrected chi connectivity index (χ1v) is 4.81. The van der Waals surface area contributed by atoms with E-state index in [9.17, 15) is 5.11 Å². The van der Waals surface area contributed by atoms with Gasteiger partial charge in [0.05, 0.1) is 6.10 Å². The van der Waals surface area contributed by atoms with E-state index in [2.05, 4.69) is 10.1 Å². The Morgan fingerprint density at radius 3 is 3.07 bits per heavy atom. The standard InChI is InChI=1S/C9H17N3O2/c1-3-12-9(10-7-11-12)6-8(13)4-5-14-2/h7-8,13H,3-6H2,1-2H3. The number of nitrogens with zero attached hydrogens (tertiary/aromatic N) is 3.